The van der Waals surface area contributed by atoms with E-state index in [0.29, 0.717) is 25.7 Å². The minimum absolute atomic E-state index is 0.121. The van der Waals surface area contributed by atoms with Crippen molar-refractivity contribution in [3.8, 4) is 0 Å². The Morgan fingerprint density at radius 2 is 1.80 bits per heavy atom. The van der Waals surface area contributed by atoms with Crippen LogP contribution in [0.3, 0.4) is 0 Å². The third-order valence-corrected chi connectivity index (χ3v) is 10.7. The van der Waals surface area contributed by atoms with E-state index in [2.05, 4.69) is 13.5 Å². The van der Waals surface area contributed by atoms with E-state index in [1.807, 2.05) is 6.92 Å². The van der Waals surface area contributed by atoms with E-state index in [4.69, 9.17) is 9.47 Å². The molecule has 0 aromatic carbocycles. The molecule has 5 rings (SSSR count). The Bertz CT molecular complexity index is 877. The van der Waals surface area contributed by atoms with Crippen LogP contribution in [-0.2, 0) is 14.3 Å². The van der Waals surface area contributed by atoms with Crippen molar-refractivity contribution < 1.29 is 44.9 Å². The smallest absolute Gasteiger partial charge is 0.314 e. The molecule has 5 aliphatic rings. The van der Waals surface area contributed by atoms with Crippen molar-refractivity contribution in [3.63, 3.8) is 0 Å². The number of rotatable bonds is 3. The molecule has 1 spiro atoms. The summed E-state index contributed by atoms with van der Waals surface area (Å²) >= 11 is 0. The third kappa shape index (κ3) is 3.42. The second kappa shape index (κ2) is 8.48. The molecule has 35 heavy (non-hydrogen) atoms. The zero-order valence-electron chi connectivity index (χ0n) is 20.5. The molecule has 9 heteroatoms. The fraction of sp³-hybridized carbons (Fsp3) is 0.885. The van der Waals surface area contributed by atoms with Gasteiger partial charge in [0.25, 0.3) is 0 Å². The van der Waals surface area contributed by atoms with Gasteiger partial charge >= 0.3 is 5.97 Å². The predicted molar refractivity (Wildman–Crippen MR) is 122 cm³/mol. The molecule has 2 bridgehead atoms. The number of carbonyl (C=O) groups is 1. The second-order valence-electron chi connectivity index (χ2n) is 12.4. The molecule has 198 valence electrons. The van der Waals surface area contributed by atoms with Crippen molar-refractivity contribution in [3.05, 3.63) is 12.2 Å². The van der Waals surface area contributed by atoms with Crippen LogP contribution in [-0.4, -0.2) is 86.1 Å². The summed E-state index contributed by atoms with van der Waals surface area (Å²) in [5.41, 5.74) is -0.932. The minimum Gasteiger partial charge on any atom is -0.432 e. The average molecular weight is 497 g/mol. The normalized spacial score (nSPS) is 55.7. The number of carbonyl (C=O) groups excluding carboxylic acids is 1. The third-order valence-electron chi connectivity index (χ3n) is 10.7. The Kier molecular flexibility index (Phi) is 6.19. The molecule has 8 unspecified atom stereocenters. The zero-order chi connectivity index (χ0) is 25.5. The summed E-state index contributed by atoms with van der Waals surface area (Å²) in [5, 5.41) is 62.6. The van der Waals surface area contributed by atoms with Gasteiger partial charge in [-0.3, -0.25) is 4.79 Å². The largest absolute Gasteiger partial charge is 0.432 e. The number of fused-ring (bicyclic) bond motifs is 3. The number of hydrogen-bond acceptors (Lipinski definition) is 9. The van der Waals surface area contributed by atoms with Crippen molar-refractivity contribution in [1.29, 1.82) is 0 Å². The van der Waals surface area contributed by atoms with E-state index in [1.54, 1.807) is 0 Å². The summed E-state index contributed by atoms with van der Waals surface area (Å²) in [7, 11) is 0. The molecule has 0 aromatic heterocycles. The predicted octanol–water partition coefficient (Wildman–Crippen LogP) is 0.240. The van der Waals surface area contributed by atoms with E-state index in [-0.39, 0.29) is 17.8 Å². The lowest BCUT2D eigenvalue weighted by molar-refractivity contribution is -0.298. The van der Waals surface area contributed by atoms with Gasteiger partial charge in [-0.15, -0.1) is 0 Å². The lowest BCUT2D eigenvalue weighted by atomic mass is 9.40. The number of hydrogen-bond donors (Lipinski definition) is 6. The highest BCUT2D eigenvalue weighted by Gasteiger charge is 2.70. The van der Waals surface area contributed by atoms with Crippen LogP contribution in [0.25, 0.3) is 0 Å². The maximum absolute atomic E-state index is 13.7. The molecule has 4 aliphatic carbocycles. The number of esters is 1. The zero-order valence-corrected chi connectivity index (χ0v) is 20.5. The molecule has 13 atom stereocenters. The Morgan fingerprint density at radius 3 is 2.49 bits per heavy atom. The monoisotopic (exact) mass is 496 g/mol. The highest BCUT2D eigenvalue weighted by molar-refractivity contribution is 5.77. The van der Waals surface area contributed by atoms with Crippen LogP contribution in [0, 0.1) is 34.0 Å². The Hall–Kier alpha value is -1.07. The van der Waals surface area contributed by atoms with Crippen molar-refractivity contribution in [2.24, 2.45) is 34.0 Å². The molecule has 0 radical (unpaired) electrons. The highest BCUT2D eigenvalue weighted by Crippen LogP contribution is 2.72. The quantitative estimate of drug-likeness (QED) is 0.238. The van der Waals surface area contributed by atoms with Crippen molar-refractivity contribution in [1.82, 2.24) is 0 Å². The number of ether oxygens (including phenoxy) is 2. The Balaban J connectivity index is 1.42. The van der Waals surface area contributed by atoms with Crippen molar-refractivity contribution >= 4 is 5.97 Å². The lowest BCUT2D eigenvalue weighted by Gasteiger charge is -2.64. The van der Waals surface area contributed by atoms with E-state index in [9.17, 15) is 35.4 Å². The Labute approximate surface area is 205 Å². The first-order chi connectivity index (χ1) is 16.4. The van der Waals surface area contributed by atoms with Crippen LogP contribution in [0.4, 0.5) is 0 Å². The average Bonchev–Trinajstić information content (AvgIpc) is 2.99. The summed E-state index contributed by atoms with van der Waals surface area (Å²) < 4.78 is 11.1. The maximum atomic E-state index is 13.7. The molecule has 9 nitrogen and oxygen atoms in total. The van der Waals surface area contributed by atoms with Crippen LogP contribution < -0.4 is 0 Å². The highest BCUT2D eigenvalue weighted by atomic mass is 16.7. The molecule has 1 saturated heterocycles. The van der Waals surface area contributed by atoms with Crippen LogP contribution in [0.15, 0.2) is 12.2 Å². The number of aliphatic hydroxyl groups is 6. The standard InChI is InChI=1S/C26H40O9/c1-12-13-9-14(28)20-24(2)6-4-7-25(3,16(24)5-8-26(20,10-13)21(12)32)23(33)35-22-19(31)18(30)17(29)15(11-27)34-22/h13-22,27-32H,1,4-11H2,2-3H3/t13?,14?,15?,16-,17?,18?,19?,20-,21?,22?,24+,25+,26+/m0/s1. The first-order valence-electron chi connectivity index (χ1n) is 13.0. The molecule has 4 saturated carbocycles. The van der Waals surface area contributed by atoms with Gasteiger partial charge < -0.3 is 40.1 Å². The van der Waals surface area contributed by atoms with Crippen LogP contribution in [0.5, 0.6) is 0 Å². The minimum atomic E-state index is -1.65. The molecule has 0 aromatic rings. The summed E-state index contributed by atoms with van der Waals surface area (Å²) in [4.78, 5) is 13.7. The molecule has 5 fully saturated rings. The van der Waals surface area contributed by atoms with E-state index >= 15 is 0 Å². The van der Waals surface area contributed by atoms with Gasteiger partial charge in [-0.2, -0.15) is 0 Å². The van der Waals surface area contributed by atoms with Gasteiger partial charge in [-0.1, -0.05) is 19.9 Å². The van der Waals surface area contributed by atoms with Gasteiger partial charge in [-0.05, 0) is 74.2 Å². The van der Waals surface area contributed by atoms with Crippen LogP contribution in [0.1, 0.15) is 58.8 Å². The topological polar surface area (TPSA) is 157 Å². The van der Waals surface area contributed by atoms with Gasteiger partial charge in [0.15, 0.2) is 0 Å². The molecule has 6 N–H and O–H groups in total. The first kappa shape index (κ1) is 25.6. The summed E-state index contributed by atoms with van der Waals surface area (Å²) in [6.45, 7) is 7.55. The maximum Gasteiger partial charge on any atom is 0.314 e. The van der Waals surface area contributed by atoms with Gasteiger partial charge in [-0.25, -0.2) is 0 Å². The molecular formula is C26H40O9. The van der Waals surface area contributed by atoms with Gasteiger partial charge in [0, 0.05) is 5.41 Å². The first-order valence-corrected chi connectivity index (χ1v) is 13.0. The van der Waals surface area contributed by atoms with Gasteiger partial charge in [0.05, 0.1) is 24.2 Å². The fourth-order valence-corrected chi connectivity index (χ4v) is 9.12. The molecule has 0 amide bonds. The lowest BCUT2D eigenvalue weighted by Crippen LogP contribution is -2.64. The number of aliphatic hydroxyl groups excluding tert-OH is 6. The van der Waals surface area contributed by atoms with Crippen molar-refractivity contribution in [2.75, 3.05) is 6.61 Å². The summed E-state index contributed by atoms with van der Waals surface area (Å²) in [5.74, 6) is -0.723. The SMILES string of the molecule is C=C1C2CC(O)[C@@H]3[C@@](CC[C@H]4[C@@]3(C)CCC[C@@]4(C)C(=O)OC3OC(CO)C(O)C(O)C3O)(C2)C1O. The summed E-state index contributed by atoms with van der Waals surface area (Å²) in [6.07, 6.45) is -3.80. The van der Waals surface area contributed by atoms with Gasteiger partial charge in [0.1, 0.15) is 24.4 Å². The van der Waals surface area contributed by atoms with Gasteiger partial charge in [0.2, 0.25) is 6.29 Å². The fourth-order valence-electron chi connectivity index (χ4n) is 9.12. The molecule has 1 heterocycles. The van der Waals surface area contributed by atoms with E-state index < -0.39 is 71.7 Å². The summed E-state index contributed by atoms with van der Waals surface area (Å²) in [6, 6.07) is 0. The molecular weight excluding hydrogens is 456 g/mol. The van der Waals surface area contributed by atoms with E-state index in [0.717, 1.165) is 24.8 Å². The van der Waals surface area contributed by atoms with E-state index in [1.165, 1.54) is 0 Å². The van der Waals surface area contributed by atoms with Crippen LogP contribution >= 0.6 is 0 Å². The van der Waals surface area contributed by atoms with Crippen LogP contribution in [0.2, 0.25) is 0 Å². The van der Waals surface area contributed by atoms with Crippen molar-refractivity contribution in [2.45, 2.75) is 102 Å². The Morgan fingerprint density at radius 1 is 1.09 bits per heavy atom. The second-order valence-corrected chi connectivity index (χ2v) is 12.4. The molecule has 1 aliphatic heterocycles.